The number of benzene rings is 4. The van der Waals surface area contributed by atoms with Crippen molar-refractivity contribution in [1.82, 2.24) is 19.6 Å². The summed E-state index contributed by atoms with van der Waals surface area (Å²) in [5.41, 5.74) is 9.22. The quantitative estimate of drug-likeness (QED) is 0.0626. The first-order valence-electron chi connectivity index (χ1n) is 19.5. The third-order valence-electron chi connectivity index (χ3n) is 10.6. The number of ketones is 1. The molecule has 0 radical (unpaired) electrons. The van der Waals surface area contributed by atoms with E-state index in [1.54, 1.807) is 42.5 Å². The van der Waals surface area contributed by atoms with E-state index in [0.717, 1.165) is 75.6 Å². The highest BCUT2D eigenvalue weighted by molar-refractivity contribution is 6.67. The second-order valence-electron chi connectivity index (χ2n) is 15.3. The molecule has 0 spiro atoms. The second kappa shape index (κ2) is 21.6. The van der Waals surface area contributed by atoms with Gasteiger partial charge in [-0.1, -0.05) is 48.2 Å². The number of nitrogens with zero attached hydrogens (tertiary/aromatic N) is 4. The highest BCUT2D eigenvalue weighted by atomic mass is 35.5. The molecule has 2 aliphatic rings. The van der Waals surface area contributed by atoms with Crippen molar-refractivity contribution in [2.24, 2.45) is 0 Å². The lowest BCUT2D eigenvalue weighted by molar-refractivity contribution is -0.139. The van der Waals surface area contributed by atoms with E-state index in [-0.39, 0.29) is 30.0 Å². The van der Waals surface area contributed by atoms with Gasteiger partial charge in [-0.15, -0.1) is 12.8 Å². The summed E-state index contributed by atoms with van der Waals surface area (Å²) in [6, 6.07) is 18.3. The summed E-state index contributed by atoms with van der Waals surface area (Å²) in [5.74, 6) is 4.75. The van der Waals surface area contributed by atoms with Crippen molar-refractivity contribution < 1.29 is 35.9 Å². The maximum Gasteiger partial charge on any atom is 0.416 e. The number of anilines is 1. The topological polar surface area (TPSA) is 73.1 Å². The summed E-state index contributed by atoms with van der Waals surface area (Å²) in [6.07, 6.45) is 1.74. The lowest BCUT2D eigenvalue weighted by Gasteiger charge is -2.33. The Kier molecular flexibility index (Phi) is 17.2. The normalized spacial score (nSPS) is 15.4. The Balaban J connectivity index is 0.000000224. The minimum Gasteiger partial charge on any atom is -0.399 e. The number of hydrogen-bond donors (Lipinski definition) is 1. The molecule has 324 valence electrons. The number of piperazine rings is 2. The predicted molar refractivity (Wildman–Crippen MR) is 229 cm³/mol. The molecule has 2 fully saturated rings. The molecule has 14 heteroatoms. The molecule has 0 unspecified atom stereocenters. The molecule has 0 aromatic heterocycles. The van der Waals surface area contributed by atoms with E-state index < -0.39 is 28.7 Å². The van der Waals surface area contributed by atoms with E-state index in [1.807, 2.05) is 37.7 Å². The van der Waals surface area contributed by atoms with E-state index >= 15 is 0 Å². The molecule has 0 saturated carbocycles. The molecule has 2 N–H and O–H groups in total. The molecule has 2 heterocycles. The van der Waals surface area contributed by atoms with E-state index in [2.05, 4.69) is 21.6 Å². The SMILES string of the molecule is C#Cc1cc(C(=O)Cc2ccc(CN3CCN(C)CC3)c(C(F)(F)F)c2)ccc1C.C#Cc1cc(C(=O)Cl)ccc1C.CN1CCN(Cc2ccc(N)cc2C(F)(F)F)CC1. The number of nitrogen functional groups attached to an aromatic ring is 1. The smallest absolute Gasteiger partial charge is 0.399 e. The van der Waals surface area contributed by atoms with Gasteiger partial charge in [0.2, 0.25) is 0 Å². The van der Waals surface area contributed by atoms with Crippen LogP contribution in [0, 0.1) is 38.5 Å². The Morgan fingerprint density at radius 1 is 0.639 bits per heavy atom. The van der Waals surface area contributed by atoms with Gasteiger partial charge >= 0.3 is 12.4 Å². The van der Waals surface area contributed by atoms with Crippen molar-refractivity contribution in [3.63, 3.8) is 0 Å². The van der Waals surface area contributed by atoms with Crippen LogP contribution in [0.2, 0.25) is 0 Å². The molecule has 0 aliphatic carbocycles. The van der Waals surface area contributed by atoms with Crippen molar-refractivity contribution in [2.45, 2.75) is 45.7 Å². The van der Waals surface area contributed by atoms with Crippen LogP contribution in [-0.2, 0) is 31.9 Å². The average molecular weight is 866 g/mol. The molecule has 0 bridgehead atoms. The number of hydrogen-bond acceptors (Lipinski definition) is 7. The number of carbonyl (C=O) groups is 2. The zero-order chi connectivity index (χ0) is 45.1. The van der Waals surface area contributed by atoms with E-state index in [9.17, 15) is 35.9 Å². The predicted octanol–water partition coefficient (Wildman–Crippen LogP) is 8.56. The Hall–Kier alpha value is -5.15. The van der Waals surface area contributed by atoms with Crippen LogP contribution in [-0.4, -0.2) is 97.1 Å². The van der Waals surface area contributed by atoms with Gasteiger partial charge in [0.1, 0.15) is 0 Å². The summed E-state index contributed by atoms with van der Waals surface area (Å²) in [7, 11) is 4.02. The molecule has 0 atom stereocenters. The van der Waals surface area contributed by atoms with Crippen molar-refractivity contribution in [1.29, 1.82) is 0 Å². The average Bonchev–Trinajstić information content (AvgIpc) is 3.20. The van der Waals surface area contributed by atoms with Crippen LogP contribution in [0.3, 0.4) is 0 Å². The number of nitrogens with two attached hydrogens (primary N) is 1. The van der Waals surface area contributed by atoms with Crippen LogP contribution in [0.1, 0.15) is 70.8 Å². The van der Waals surface area contributed by atoms with Crippen molar-refractivity contribution in [2.75, 3.05) is 72.2 Å². The molecule has 2 saturated heterocycles. The summed E-state index contributed by atoms with van der Waals surface area (Å²) >= 11 is 5.28. The third-order valence-corrected chi connectivity index (χ3v) is 10.8. The summed E-state index contributed by atoms with van der Waals surface area (Å²) in [4.78, 5) is 31.7. The van der Waals surface area contributed by atoms with E-state index in [1.165, 1.54) is 18.2 Å². The van der Waals surface area contributed by atoms with Crippen molar-refractivity contribution in [3.05, 3.63) is 134 Å². The highest BCUT2D eigenvalue weighted by Gasteiger charge is 2.35. The minimum atomic E-state index is -4.47. The Morgan fingerprint density at radius 3 is 1.51 bits per heavy atom. The fraction of sp³-hybridized carbons (Fsp3) is 0.362. The fourth-order valence-corrected chi connectivity index (χ4v) is 6.88. The van der Waals surface area contributed by atoms with Gasteiger partial charge in [-0.25, -0.2) is 0 Å². The van der Waals surface area contributed by atoms with Gasteiger partial charge in [-0.05, 0) is 104 Å². The number of halogens is 7. The summed E-state index contributed by atoms with van der Waals surface area (Å²) in [6.45, 7) is 10.8. The number of rotatable bonds is 8. The number of terminal acetylenes is 2. The van der Waals surface area contributed by atoms with Gasteiger partial charge in [-0.2, -0.15) is 26.3 Å². The minimum absolute atomic E-state index is 0.106. The molecule has 2 aliphatic heterocycles. The Labute approximate surface area is 359 Å². The number of aryl methyl sites for hydroxylation is 2. The van der Waals surface area contributed by atoms with E-state index in [0.29, 0.717) is 39.9 Å². The van der Waals surface area contributed by atoms with Crippen LogP contribution in [0.25, 0.3) is 0 Å². The monoisotopic (exact) mass is 865 g/mol. The van der Waals surface area contributed by atoms with Gasteiger partial charge in [0.15, 0.2) is 5.78 Å². The molecule has 4 aromatic rings. The lowest BCUT2D eigenvalue weighted by atomic mass is 9.96. The van der Waals surface area contributed by atoms with Crippen LogP contribution in [0.4, 0.5) is 32.0 Å². The van der Waals surface area contributed by atoms with Crippen LogP contribution >= 0.6 is 11.6 Å². The first-order valence-corrected chi connectivity index (χ1v) is 19.9. The van der Waals surface area contributed by atoms with Gasteiger partial charge in [0.05, 0.1) is 11.1 Å². The second-order valence-corrected chi connectivity index (χ2v) is 15.6. The molecular weight excluding hydrogens is 816 g/mol. The Bertz CT molecular complexity index is 2250. The first kappa shape index (κ1) is 48.5. The van der Waals surface area contributed by atoms with Crippen LogP contribution in [0.5, 0.6) is 0 Å². The van der Waals surface area contributed by atoms with Gasteiger partial charge in [0, 0.05) is 99.8 Å². The molecule has 61 heavy (non-hydrogen) atoms. The fourth-order valence-electron chi connectivity index (χ4n) is 6.76. The third kappa shape index (κ3) is 14.5. The Morgan fingerprint density at radius 2 is 1.07 bits per heavy atom. The summed E-state index contributed by atoms with van der Waals surface area (Å²) in [5, 5.41) is -0.480. The maximum atomic E-state index is 13.7. The van der Waals surface area contributed by atoms with Crippen molar-refractivity contribution >= 4 is 28.3 Å². The molecular formula is C47H50ClF6N5O2. The zero-order valence-electron chi connectivity index (χ0n) is 34.7. The number of Topliss-reactive ketones (excluding diaryl/α,β-unsaturated/α-hetero) is 1. The molecule has 0 amide bonds. The molecule has 7 nitrogen and oxygen atoms in total. The zero-order valence-corrected chi connectivity index (χ0v) is 35.4. The van der Waals surface area contributed by atoms with Gasteiger partial charge in [0.25, 0.3) is 5.24 Å². The molecule has 6 rings (SSSR count). The van der Waals surface area contributed by atoms with Crippen LogP contribution in [0.15, 0.2) is 72.8 Å². The lowest BCUT2D eigenvalue weighted by Crippen LogP contribution is -2.44. The standard InChI is InChI=1S/C24H25F3N2O.C13H18F3N3.C10H7ClO/c1-4-19-15-20(7-5-17(19)2)23(30)14-18-6-8-21(22(13-18)24(25,26)27)16-29-11-9-28(3)10-12-29;1-18-4-6-19(7-5-18)9-10-2-3-11(17)8-12(10)13(14,15)16;1-3-8-6-9(10(11)12)5-4-7(8)2/h1,5-8,13,15H,9-12,14,16H2,2-3H3;2-3,8H,4-7,9,17H2,1H3;1,4-6H,2H3. The largest absolute Gasteiger partial charge is 0.416 e. The van der Waals surface area contributed by atoms with Crippen molar-refractivity contribution in [3.8, 4) is 24.7 Å². The highest BCUT2D eigenvalue weighted by Crippen LogP contribution is 2.35. The first-order chi connectivity index (χ1) is 28.7. The number of likely N-dealkylation sites (N-methyl/N-ethyl adjacent to an activating group) is 2. The summed E-state index contributed by atoms with van der Waals surface area (Å²) < 4.78 is 80.0. The molecule has 4 aromatic carbocycles. The van der Waals surface area contributed by atoms with Gasteiger partial charge in [-0.3, -0.25) is 19.4 Å². The maximum absolute atomic E-state index is 13.7. The van der Waals surface area contributed by atoms with E-state index in [4.69, 9.17) is 30.2 Å². The number of alkyl halides is 6. The van der Waals surface area contributed by atoms with Crippen LogP contribution < -0.4 is 5.73 Å². The number of carbonyl (C=O) groups excluding carboxylic acids is 2. The van der Waals surface area contributed by atoms with Gasteiger partial charge < -0.3 is 15.5 Å².